The molecule has 1 aliphatic rings. The number of hydrogen-bond donors (Lipinski definition) is 1. The minimum atomic E-state index is -3.74. The van der Waals surface area contributed by atoms with Crippen molar-refractivity contribution in [1.82, 2.24) is 4.31 Å². The van der Waals surface area contributed by atoms with E-state index in [1.807, 2.05) is 30.3 Å². The Morgan fingerprint density at radius 3 is 2.39 bits per heavy atom. The lowest BCUT2D eigenvalue weighted by molar-refractivity contribution is 0.0730. The van der Waals surface area contributed by atoms with Gasteiger partial charge < -0.3 is 14.8 Å². The van der Waals surface area contributed by atoms with Crippen LogP contribution in [0.4, 0.5) is 5.69 Å². The number of benzene rings is 3. The number of ether oxygens (including phenoxy) is 2. The summed E-state index contributed by atoms with van der Waals surface area (Å²) in [6, 6.07) is 20.8. The van der Waals surface area contributed by atoms with Crippen LogP contribution in [0, 0.1) is 0 Å². The number of sulfonamides is 1. The van der Waals surface area contributed by atoms with Crippen LogP contribution in [0.2, 0.25) is 5.02 Å². The number of carbonyl (C=O) groups excluding carboxylic acids is 1. The highest BCUT2D eigenvalue weighted by Crippen LogP contribution is 2.25. The van der Waals surface area contributed by atoms with E-state index in [2.05, 4.69) is 5.32 Å². The second-order valence-electron chi connectivity index (χ2n) is 7.41. The van der Waals surface area contributed by atoms with E-state index in [4.69, 9.17) is 21.1 Å². The predicted octanol–water partition coefficient (Wildman–Crippen LogP) is 4.19. The van der Waals surface area contributed by atoms with E-state index in [1.165, 1.54) is 22.5 Å². The van der Waals surface area contributed by atoms with E-state index in [0.29, 0.717) is 31.3 Å². The number of anilines is 1. The van der Waals surface area contributed by atoms with Crippen molar-refractivity contribution in [2.24, 2.45) is 0 Å². The van der Waals surface area contributed by atoms with Crippen molar-refractivity contribution in [1.29, 1.82) is 0 Å². The maximum Gasteiger partial charge on any atom is 0.257 e. The molecule has 1 saturated heterocycles. The van der Waals surface area contributed by atoms with E-state index in [0.717, 1.165) is 5.56 Å². The molecule has 1 heterocycles. The normalized spacial score (nSPS) is 14.6. The van der Waals surface area contributed by atoms with Gasteiger partial charge in [-0.2, -0.15) is 4.31 Å². The number of morpholine rings is 1. The van der Waals surface area contributed by atoms with Crippen molar-refractivity contribution in [3.05, 3.63) is 88.9 Å². The molecule has 1 aliphatic heterocycles. The molecule has 0 atom stereocenters. The van der Waals surface area contributed by atoms with Crippen molar-refractivity contribution in [2.45, 2.75) is 11.5 Å². The second kappa shape index (κ2) is 10.4. The molecule has 0 aromatic heterocycles. The summed E-state index contributed by atoms with van der Waals surface area (Å²) in [6.45, 7) is 1.65. The van der Waals surface area contributed by atoms with Gasteiger partial charge in [0.1, 0.15) is 12.4 Å². The molecule has 0 unspecified atom stereocenters. The fraction of sp³-hybridized carbons (Fsp3) is 0.208. The number of nitrogens with one attached hydrogen (secondary N) is 1. The van der Waals surface area contributed by atoms with Gasteiger partial charge in [0.05, 0.1) is 28.7 Å². The maximum atomic E-state index is 12.9. The Labute approximate surface area is 197 Å². The van der Waals surface area contributed by atoms with Gasteiger partial charge in [0.15, 0.2) is 0 Å². The smallest absolute Gasteiger partial charge is 0.257 e. The van der Waals surface area contributed by atoms with Gasteiger partial charge in [0.2, 0.25) is 10.0 Å². The highest BCUT2D eigenvalue weighted by molar-refractivity contribution is 7.89. The fourth-order valence-corrected chi connectivity index (χ4v) is 4.99. The van der Waals surface area contributed by atoms with Crippen LogP contribution in [0.15, 0.2) is 77.7 Å². The summed E-state index contributed by atoms with van der Waals surface area (Å²) in [4.78, 5) is 12.8. The topological polar surface area (TPSA) is 84.9 Å². The Morgan fingerprint density at radius 1 is 1.00 bits per heavy atom. The Hall–Kier alpha value is -2.91. The largest absolute Gasteiger partial charge is 0.489 e. The van der Waals surface area contributed by atoms with Crippen LogP contribution in [-0.2, 0) is 21.4 Å². The highest BCUT2D eigenvalue weighted by Gasteiger charge is 2.27. The lowest BCUT2D eigenvalue weighted by Gasteiger charge is -2.26. The molecule has 0 aliphatic carbocycles. The van der Waals surface area contributed by atoms with E-state index in [9.17, 15) is 13.2 Å². The molecule has 1 fully saturated rings. The van der Waals surface area contributed by atoms with Crippen LogP contribution in [0.25, 0.3) is 0 Å². The van der Waals surface area contributed by atoms with Gasteiger partial charge in [-0.25, -0.2) is 8.42 Å². The summed E-state index contributed by atoms with van der Waals surface area (Å²) >= 11 is 6.21. The number of carbonyl (C=O) groups is 1. The first-order valence-corrected chi connectivity index (χ1v) is 12.2. The molecule has 0 spiro atoms. The van der Waals surface area contributed by atoms with Crippen molar-refractivity contribution < 1.29 is 22.7 Å². The number of rotatable bonds is 7. The average Bonchev–Trinajstić information content (AvgIpc) is 2.85. The zero-order valence-electron chi connectivity index (χ0n) is 17.7. The third-order valence-corrected chi connectivity index (χ3v) is 7.38. The molecule has 3 aromatic carbocycles. The average molecular weight is 487 g/mol. The molecule has 172 valence electrons. The predicted molar refractivity (Wildman–Crippen MR) is 126 cm³/mol. The van der Waals surface area contributed by atoms with E-state index < -0.39 is 15.9 Å². The van der Waals surface area contributed by atoms with Crippen molar-refractivity contribution in [3.63, 3.8) is 0 Å². The summed E-state index contributed by atoms with van der Waals surface area (Å²) in [7, 11) is -3.74. The van der Waals surface area contributed by atoms with Gasteiger partial charge in [-0.15, -0.1) is 0 Å². The highest BCUT2D eigenvalue weighted by atomic mass is 35.5. The number of nitrogens with zero attached hydrogens (tertiary/aromatic N) is 1. The van der Waals surface area contributed by atoms with Gasteiger partial charge in [-0.05, 0) is 48.0 Å². The molecule has 3 aromatic rings. The second-order valence-corrected chi connectivity index (χ2v) is 9.76. The van der Waals surface area contributed by atoms with Crippen molar-refractivity contribution in [3.8, 4) is 5.75 Å². The summed E-state index contributed by atoms with van der Waals surface area (Å²) in [6.07, 6.45) is 0. The minimum Gasteiger partial charge on any atom is -0.489 e. The van der Waals surface area contributed by atoms with Crippen LogP contribution in [-0.4, -0.2) is 44.9 Å². The van der Waals surface area contributed by atoms with E-state index in [1.54, 1.807) is 24.3 Å². The molecular weight excluding hydrogens is 464 g/mol. The van der Waals surface area contributed by atoms with Gasteiger partial charge in [0, 0.05) is 18.8 Å². The first-order chi connectivity index (χ1) is 15.9. The monoisotopic (exact) mass is 486 g/mol. The van der Waals surface area contributed by atoms with Gasteiger partial charge >= 0.3 is 0 Å². The summed E-state index contributed by atoms with van der Waals surface area (Å²) < 4.78 is 38.1. The molecule has 0 saturated carbocycles. The summed E-state index contributed by atoms with van der Waals surface area (Å²) in [5.74, 6) is 0.158. The zero-order chi connectivity index (χ0) is 23.3. The van der Waals surface area contributed by atoms with Gasteiger partial charge in [-0.1, -0.05) is 41.9 Å². The Balaban J connectivity index is 1.44. The molecule has 9 heteroatoms. The van der Waals surface area contributed by atoms with Crippen LogP contribution < -0.4 is 10.1 Å². The number of hydrogen-bond acceptors (Lipinski definition) is 5. The molecule has 1 N–H and O–H groups in total. The third kappa shape index (κ3) is 5.72. The molecule has 7 nitrogen and oxygen atoms in total. The summed E-state index contributed by atoms with van der Waals surface area (Å²) in [5, 5.41) is 2.91. The van der Waals surface area contributed by atoms with Crippen molar-refractivity contribution >= 4 is 33.2 Å². The lowest BCUT2D eigenvalue weighted by Crippen LogP contribution is -2.40. The van der Waals surface area contributed by atoms with Crippen LogP contribution in [0.3, 0.4) is 0 Å². The standard InChI is InChI=1S/C24H23ClN2O5S/c25-23-11-10-21(33(29,30)27-12-14-31-15-13-27)16-22(23)24(28)26-19-6-8-20(9-7-19)32-17-18-4-2-1-3-5-18/h1-11,16H,12-15,17H2,(H,26,28). The van der Waals surface area contributed by atoms with Gasteiger partial charge in [0.25, 0.3) is 5.91 Å². The van der Waals surface area contributed by atoms with Crippen LogP contribution >= 0.6 is 11.6 Å². The molecule has 0 radical (unpaired) electrons. The Morgan fingerprint density at radius 2 is 1.70 bits per heavy atom. The van der Waals surface area contributed by atoms with E-state index in [-0.39, 0.29) is 28.6 Å². The fourth-order valence-electron chi connectivity index (χ4n) is 3.35. The summed E-state index contributed by atoms with van der Waals surface area (Å²) in [5.41, 5.74) is 1.66. The molecule has 33 heavy (non-hydrogen) atoms. The SMILES string of the molecule is O=C(Nc1ccc(OCc2ccccc2)cc1)c1cc(S(=O)(=O)N2CCOCC2)ccc1Cl. The lowest BCUT2D eigenvalue weighted by atomic mass is 10.2. The molecule has 1 amide bonds. The van der Waals surface area contributed by atoms with Crippen LogP contribution in [0.5, 0.6) is 5.75 Å². The first kappa shape index (κ1) is 23.3. The van der Waals surface area contributed by atoms with Crippen LogP contribution in [0.1, 0.15) is 15.9 Å². The third-order valence-electron chi connectivity index (χ3n) is 5.15. The molecule has 0 bridgehead atoms. The van der Waals surface area contributed by atoms with E-state index >= 15 is 0 Å². The number of amides is 1. The molecular formula is C24H23ClN2O5S. The molecule has 4 rings (SSSR count). The first-order valence-electron chi connectivity index (χ1n) is 10.4. The quantitative estimate of drug-likeness (QED) is 0.541. The van der Waals surface area contributed by atoms with Gasteiger partial charge in [-0.3, -0.25) is 4.79 Å². The Kier molecular flexibility index (Phi) is 7.29. The Bertz CT molecular complexity index is 1210. The zero-order valence-corrected chi connectivity index (χ0v) is 19.3. The minimum absolute atomic E-state index is 0.0172. The number of halogens is 1. The maximum absolute atomic E-state index is 12.9. The van der Waals surface area contributed by atoms with Crippen molar-refractivity contribution in [2.75, 3.05) is 31.6 Å².